The molecule has 3 N–H and O–H groups in total. The Bertz CT molecular complexity index is 342. The van der Waals surface area contributed by atoms with Crippen molar-refractivity contribution in [1.29, 1.82) is 0 Å². The van der Waals surface area contributed by atoms with E-state index in [1.54, 1.807) is 12.1 Å². The minimum atomic E-state index is -0.530. The second-order valence-electron chi connectivity index (χ2n) is 4.79. The summed E-state index contributed by atoms with van der Waals surface area (Å²) in [5.41, 5.74) is 5.31. The van der Waals surface area contributed by atoms with E-state index in [0.29, 0.717) is 6.54 Å². The van der Waals surface area contributed by atoms with Crippen LogP contribution in [0, 0.1) is 5.41 Å². The molecule has 4 nitrogen and oxygen atoms in total. The third-order valence-electron chi connectivity index (χ3n) is 1.86. The van der Waals surface area contributed by atoms with E-state index in [2.05, 4.69) is 26.1 Å². The summed E-state index contributed by atoms with van der Waals surface area (Å²) in [6.45, 7) is 7.95. The van der Waals surface area contributed by atoms with E-state index < -0.39 is 5.91 Å². The zero-order chi connectivity index (χ0) is 11.5. The zero-order valence-electron chi connectivity index (χ0n) is 9.87. The molecule has 0 aliphatic carbocycles. The second-order valence-corrected chi connectivity index (χ2v) is 4.79. The first-order chi connectivity index (χ1) is 6.88. The molecule has 0 aliphatic rings. The van der Waals surface area contributed by atoms with Crippen molar-refractivity contribution in [2.75, 3.05) is 6.54 Å². The van der Waals surface area contributed by atoms with Crippen LogP contribution in [0.4, 0.5) is 0 Å². The van der Waals surface area contributed by atoms with Gasteiger partial charge in [-0.2, -0.15) is 0 Å². The maximum atomic E-state index is 10.8. The molecule has 1 aromatic heterocycles. The number of hydrogen-bond acceptors (Lipinski definition) is 3. The van der Waals surface area contributed by atoms with Gasteiger partial charge in [-0.1, -0.05) is 20.8 Å². The van der Waals surface area contributed by atoms with Crippen molar-refractivity contribution in [1.82, 2.24) is 5.32 Å². The van der Waals surface area contributed by atoms with Gasteiger partial charge in [-0.05, 0) is 17.5 Å². The van der Waals surface area contributed by atoms with Crippen molar-refractivity contribution in [3.05, 3.63) is 23.7 Å². The molecule has 92 valence electrons. The fraction of sp³-hybridized carbons (Fsp3) is 0.545. The van der Waals surface area contributed by atoms with Gasteiger partial charge in [0.25, 0.3) is 5.91 Å². The third kappa shape index (κ3) is 5.19. The lowest BCUT2D eigenvalue weighted by Gasteiger charge is -2.18. The molecule has 1 amide bonds. The van der Waals surface area contributed by atoms with E-state index >= 15 is 0 Å². The molecule has 0 aromatic carbocycles. The summed E-state index contributed by atoms with van der Waals surface area (Å²) in [7, 11) is 0. The van der Waals surface area contributed by atoms with Gasteiger partial charge in [0.1, 0.15) is 5.76 Å². The van der Waals surface area contributed by atoms with Gasteiger partial charge >= 0.3 is 0 Å². The topological polar surface area (TPSA) is 68.3 Å². The van der Waals surface area contributed by atoms with Crippen LogP contribution in [-0.4, -0.2) is 12.5 Å². The van der Waals surface area contributed by atoms with E-state index in [1.807, 2.05) is 0 Å². The van der Waals surface area contributed by atoms with Gasteiger partial charge in [-0.3, -0.25) is 4.79 Å². The highest BCUT2D eigenvalue weighted by Gasteiger charge is 2.10. The third-order valence-corrected chi connectivity index (χ3v) is 1.86. The van der Waals surface area contributed by atoms with Crippen molar-refractivity contribution in [3.8, 4) is 0 Å². The average Bonchev–Trinajstić information content (AvgIpc) is 2.50. The molecule has 0 saturated carbocycles. The number of carbonyl (C=O) groups excluding carboxylic acids is 1. The lowest BCUT2D eigenvalue weighted by Crippen LogP contribution is -2.26. The summed E-state index contributed by atoms with van der Waals surface area (Å²) in [5.74, 6) is 0.410. The van der Waals surface area contributed by atoms with Crippen LogP contribution < -0.4 is 11.1 Å². The molecule has 1 aromatic rings. The van der Waals surface area contributed by atoms with Crippen molar-refractivity contribution in [2.45, 2.75) is 27.3 Å². The number of nitrogens with two attached hydrogens (primary N) is 1. The first-order valence-corrected chi connectivity index (χ1v) is 4.98. The van der Waals surface area contributed by atoms with Crippen molar-refractivity contribution >= 4 is 18.3 Å². The Labute approximate surface area is 102 Å². The Morgan fingerprint density at radius 2 is 2.06 bits per heavy atom. The highest BCUT2D eigenvalue weighted by Crippen LogP contribution is 2.11. The summed E-state index contributed by atoms with van der Waals surface area (Å²) in [6, 6.07) is 3.35. The normalized spacial score (nSPS) is 10.9. The molecule has 0 radical (unpaired) electrons. The van der Waals surface area contributed by atoms with E-state index in [9.17, 15) is 4.79 Å². The van der Waals surface area contributed by atoms with Crippen molar-refractivity contribution in [2.24, 2.45) is 11.1 Å². The predicted molar refractivity (Wildman–Crippen MR) is 65.6 cm³/mol. The molecular weight excluding hydrogens is 228 g/mol. The summed E-state index contributed by atoms with van der Waals surface area (Å²) in [4.78, 5) is 10.8. The number of carbonyl (C=O) groups is 1. The molecule has 0 bridgehead atoms. The largest absolute Gasteiger partial charge is 0.455 e. The Balaban J connectivity index is 0.00000225. The van der Waals surface area contributed by atoms with Crippen LogP contribution in [0.3, 0.4) is 0 Å². The molecule has 1 rings (SSSR count). The number of primary amides is 1. The SMILES string of the molecule is CC(C)(C)CNCc1ccc(C(N)=O)o1.Cl. The first-order valence-electron chi connectivity index (χ1n) is 4.98. The fourth-order valence-corrected chi connectivity index (χ4v) is 1.17. The summed E-state index contributed by atoms with van der Waals surface area (Å²) in [6.07, 6.45) is 0. The summed E-state index contributed by atoms with van der Waals surface area (Å²) in [5, 5.41) is 3.25. The second kappa shape index (κ2) is 5.92. The molecule has 0 atom stereocenters. The summed E-state index contributed by atoms with van der Waals surface area (Å²) < 4.78 is 5.22. The quantitative estimate of drug-likeness (QED) is 0.853. The molecule has 0 fully saturated rings. The number of amides is 1. The fourth-order valence-electron chi connectivity index (χ4n) is 1.17. The zero-order valence-corrected chi connectivity index (χ0v) is 10.7. The van der Waals surface area contributed by atoms with Gasteiger partial charge in [-0.25, -0.2) is 0 Å². The molecule has 0 spiro atoms. The minimum Gasteiger partial charge on any atom is -0.455 e. The lowest BCUT2D eigenvalue weighted by atomic mass is 9.97. The van der Waals surface area contributed by atoms with Gasteiger partial charge in [0.05, 0.1) is 6.54 Å². The maximum Gasteiger partial charge on any atom is 0.284 e. The van der Waals surface area contributed by atoms with Crippen LogP contribution in [0.25, 0.3) is 0 Å². The first kappa shape index (κ1) is 15.0. The Morgan fingerprint density at radius 1 is 1.44 bits per heavy atom. The molecular formula is C11H19ClN2O2. The van der Waals surface area contributed by atoms with Crippen LogP contribution in [-0.2, 0) is 6.54 Å². The van der Waals surface area contributed by atoms with Crippen LogP contribution in [0.15, 0.2) is 16.5 Å². The standard InChI is InChI=1S/C11H18N2O2.ClH/c1-11(2,3)7-13-6-8-4-5-9(15-8)10(12)14;/h4-5,13H,6-7H2,1-3H3,(H2,12,14);1H. The van der Waals surface area contributed by atoms with E-state index in [1.165, 1.54) is 0 Å². The minimum absolute atomic E-state index is 0. The van der Waals surface area contributed by atoms with Gasteiger partial charge in [0.15, 0.2) is 5.76 Å². The molecule has 0 aliphatic heterocycles. The van der Waals surface area contributed by atoms with Gasteiger partial charge in [0.2, 0.25) is 0 Å². The van der Waals surface area contributed by atoms with Crippen molar-refractivity contribution in [3.63, 3.8) is 0 Å². The Kier molecular flexibility index (Phi) is 5.55. The maximum absolute atomic E-state index is 10.8. The highest BCUT2D eigenvalue weighted by molar-refractivity contribution is 5.89. The average molecular weight is 247 g/mol. The Morgan fingerprint density at radius 3 is 2.50 bits per heavy atom. The summed E-state index contributed by atoms with van der Waals surface area (Å²) >= 11 is 0. The van der Waals surface area contributed by atoms with Crippen molar-refractivity contribution < 1.29 is 9.21 Å². The smallest absolute Gasteiger partial charge is 0.284 e. The van der Waals surface area contributed by atoms with Crippen LogP contribution in [0.5, 0.6) is 0 Å². The molecule has 16 heavy (non-hydrogen) atoms. The highest BCUT2D eigenvalue weighted by atomic mass is 35.5. The number of furan rings is 1. The molecule has 5 heteroatoms. The number of nitrogens with one attached hydrogen (secondary N) is 1. The van der Waals surface area contributed by atoms with E-state index in [4.69, 9.17) is 10.2 Å². The molecule has 1 heterocycles. The van der Waals surface area contributed by atoms with Gasteiger partial charge in [0, 0.05) is 6.54 Å². The number of halogens is 1. The van der Waals surface area contributed by atoms with Crippen LogP contribution in [0.1, 0.15) is 37.1 Å². The van der Waals surface area contributed by atoms with Crippen LogP contribution in [0.2, 0.25) is 0 Å². The monoisotopic (exact) mass is 246 g/mol. The Hall–Kier alpha value is -1.00. The molecule has 0 saturated heterocycles. The molecule has 0 unspecified atom stereocenters. The van der Waals surface area contributed by atoms with Gasteiger partial charge < -0.3 is 15.5 Å². The lowest BCUT2D eigenvalue weighted by molar-refractivity contribution is 0.0972. The van der Waals surface area contributed by atoms with Gasteiger partial charge in [-0.15, -0.1) is 12.4 Å². The number of hydrogen-bond donors (Lipinski definition) is 2. The van der Waals surface area contributed by atoms with E-state index in [0.717, 1.165) is 12.3 Å². The number of rotatable bonds is 4. The van der Waals surface area contributed by atoms with Crippen LogP contribution >= 0.6 is 12.4 Å². The predicted octanol–water partition coefficient (Wildman–Crippen LogP) is 1.94. The van der Waals surface area contributed by atoms with E-state index in [-0.39, 0.29) is 23.6 Å².